The molecule has 0 unspecified atom stereocenters. The molecule has 1 aromatic carbocycles. The van der Waals surface area contributed by atoms with Gasteiger partial charge in [0.1, 0.15) is 0 Å². The van der Waals surface area contributed by atoms with Crippen molar-refractivity contribution in [3.05, 3.63) is 64.2 Å². The zero-order chi connectivity index (χ0) is 16.5. The Morgan fingerprint density at radius 2 is 2.17 bits per heavy atom. The summed E-state index contributed by atoms with van der Waals surface area (Å²) in [5.74, 6) is 0.477. The third kappa shape index (κ3) is 2.76. The maximum absolute atomic E-state index is 12.7. The molecule has 1 aliphatic rings. The van der Waals surface area contributed by atoms with Crippen molar-refractivity contribution in [2.24, 2.45) is 7.05 Å². The number of pyridine rings is 1. The van der Waals surface area contributed by atoms with E-state index in [9.17, 15) is 4.79 Å². The van der Waals surface area contributed by atoms with E-state index < -0.39 is 0 Å². The maximum atomic E-state index is 12.7. The number of piperidine rings is 1. The average molecular weight is 322 g/mol. The van der Waals surface area contributed by atoms with Crippen LogP contribution in [0.15, 0.2) is 47.4 Å². The molecule has 124 valence electrons. The molecule has 0 amide bonds. The fraction of sp³-hybridized carbons (Fsp3) is 0.368. The largest absolute Gasteiger partial charge is 0.311 e. The summed E-state index contributed by atoms with van der Waals surface area (Å²) in [4.78, 5) is 15.1. The molecule has 3 heterocycles. The van der Waals surface area contributed by atoms with Crippen LogP contribution in [0.4, 0.5) is 0 Å². The number of aromatic amines is 1. The number of fused-ring (bicyclic) bond motifs is 1. The highest BCUT2D eigenvalue weighted by Gasteiger charge is 2.23. The number of nitrogens with one attached hydrogen (secondary N) is 1. The standard InChI is InChI=1S/C19H22N4O/c1-22-18-7-3-2-5-14(18)11-16(19(22)24)13-23-10-4-6-15(12-23)17-8-9-20-21-17/h2-3,5,7-9,11,15H,4,6,10,12-13H2,1H3,(H,20,21)/t15-/m0/s1. The van der Waals surface area contributed by atoms with Crippen LogP contribution in [0.25, 0.3) is 10.9 Å². The van der Waals surface area contributed by atoms with E-state index in [1.165, 1.54) is 12.1 Å². The van der Waals surface area contributed by atoms with Crippen LogP contribution in [0.3, 0.4) is 0 Å². The molecule has 5 heteroatoms. The van der Waals surface area contributed by atoms with E-state index in [2.05, 4.69) is 33.3 Å². The van der Waals surface area contributed by atoms with Gasteiger partial charge in [-0.2, -0.15) is 5.10 Å². The van der Waals surface area contributed by atoms with Gasteiger partial charge in [0.05, 0.1) is 5.52 Å². The molecular weight excluding hydrogens is 300 g/mol. The monoisotopic (exact) mass is 322 g/mol. The van der Waals surface area contributed by atoms with Crippen LogP contribution in [0.2, 0.25) is 0 Å². The summed E-state index contributed by atoms with van der Waals surface area (Å²) in [6.07, 6.45) is 4.14. The zero-order valence-corrected chi connectivity index (χ0v) is 13.9. The summed E-state index contributed by atoms with van der Waals surface area (Å²) < 4.78 is 1.76. The predicted molar refractivity (Wildman–Crippen MR) is 95.0 cm³/mol. The molecule has 0 aliphatic carbocycles. The van der Waals surface area contributed by atoms with Gasteiger partial charge in [0.25, 0.3) is 5.56 Å². The smallest absolute Gasteiger partial charge is 0.255 e. The Morgan fingerprint density at radius 3 is 3.00 bits per heavy atom. The average Bonchev–Trinajstić information content (AvgIpc) is 3.14. The number of aryl methyl sites for hydroxylation is 1. The molecule has 1 saturated heterocycles. The number of hydrogen-bond acceptors (Lipinski definition) is 3. The molecule has 1 N–H and O–H groups in total. The SMILES string of the molecule is Cn1c(=O)c(CN2CCC[C@H](c3ccn[nH]3)C2)cc2ccccc21. The fourth-order valence-corrected chi connectivity index (χ4v) is 3.79. The van der Waals surface area contributed by atoms with Crippen molar-refractivity contribution < 1.29 is 0 Å². The predicted octanol–water partition coefficient (Wildman–Crippen LogP) is 2.64. The van der Waals surface area contributed by atoms with Crippen LogP contribution in [0.5, 0.6) is 0 Å². The van der Waals surface area contributed by atoms with Crippen LogP contribution in [0, 0.1) is 0 Å². The minimum Gasteiger partial charge on any atom is -0.311 e. The lowest BCUT2D eigenvalue weighted by molar-refractivity contribution is 0.197. The Bertz CT molecular complexity index is 897. The summed E-state index contributed by atoms with van der Waals surface area (Å²) >= 11 is 0. The Morgan fingerprint density at radius 1 is 1.29 bits per heavy atom. The van der Waals surface area contributed by atoms with Crippen LogP contribution < -0.4 is 5.56 Å². The second-order valence-corrected chi connectivity index (χ2v) is 6.68. The van der Waals surface area contributed by atoms with Crippen LogP contribution in [-0.2, 0) is 13.6 Å². The van der Waals surface area contributed by atoms with Gasteiger partial charge < -0.3 is 4.57 Å². The summed E-state index contributed by atoms with van der Waals surface area (Å²) in [6, 6.07) is 12.2. The number of benzene rings is 1. The lowest BCUT2D eigenvalue weighted by atomic mass is 9.94. The van der Waals surface area contributed by atoms with Gasteiger partial charge in [-0.25, -0.2) is 0 Å². The molecular formula is C19H22N4O. The molecule has 1 fully saturated rings. The molecule has 24 heavy (non-hydrogen) atoms. The van der Waals surface area contributed by atoms with Crippen LogP contribution in [-0.4, -0.2) is 32.8 Å². The first kappa shape index (κ1) is 15.1. The number of hydrogen-bond donors (Lipinski definition) is 1. The highest BCUT2D eigenvalue weighted by Crippen LogP contribution is 2.26. The van der Waals surface area contributed by atoms with E-state index >= 15 is 0 Å². The number of H-pyrrole nitrogens is 1. The first-order valence-corrected chi connectivity index (χ1v) is 8.51. The normalized spacial score (nSPS) is 19.0. The first-order valence-electron chi connectivity index (χ1n) is 8.51. The van der Waals surface area contributed by atoms with Gasteiger partial charge in [0.15, 0.2) is 0 Å². The topological polar surface area (TPSA) is 53.9 Å². The molecule has 0 saturated carbocycles. The Hall–Kier alpha value is -2.40. The second kappa shape index (κ2) is 6.24. The first-order chi connectivity index (χ1) is 11.7. The minimum atomic E-state index is 0.109. The zero-order valence-electron chi connectivity index (χ0n) is 13.9. The molecule has 5 nitrogen and oxygen atoms in total. The lowest BCUT2D eigenvalue weighted by Gasteiger charge is -2.32. The van der Waals surface area contributed by atoms with Crippen LogP contribution >= 0.6 is 0 Å². The van der Waals surface area contributed by atoms with Crippen molar-refractivity contribution in [1.82, 2.24) is 19.7 Å². The highest BCUT2D eigenvalue weighted by atomic mass is 16.1. The van der Waals surface area contributed by atoms with E-state index in [-0.39, 0.29) is 5.56 Å². The van der Waals surface area contributed by atoms with Gasteiger partial charge in [-0.3, -0.25) is 14.8 Å². The molecule has 0 spiro atoms. The van der Waals surface area contributed by atoms with Gasteiger partial charge in [0.2, 0.25) is 0 Å². The third-order valence-electron chi connectivity index (χ3n) is 5.07. The number of nitrogens with zero attached hydrogens (tertiary/aromatic N) is 3. The molecule has 0 bridgehead atoms. The number of para-hydroxylation sites is 1. The quantitative estimate of drug-likeness (QED) is 0.806. The van der Waals surface area contributed by atoms with Gasteiger partial charge in [-0.15, -0.1) is 0 Å². The van der Waals surface area contributed by atoms with Gasteiger partial charge in [-0.05, 0) is 43.0 Å². The molecule has 1 aliphatic heterocycles. The Labute approximate surface area is 140 Å². The molecule has 3 aromatic rings. The van der Waals surface area contributed by atoms with E-state index in [1.807, 2.05) is 31.4 Å². The Balaban J connectivity index is 1.60. The van der Waals surface area contributed by atoms with Crippen molar-refractivity contribution in [2.45, 2.75) is 25.3 Å². The van der Waals surface area contributed by atoms with Crippen molar-refractivity contribution in [1.29, 1.82) is 0 Å². The summed E-state index contributed by atoms with van der Waals surface area (Å²) in [7, 11) is 1.86. The van der Waals surface area contributed by atoms with E-state index in [0.717, 1.165) is 36.0 Å². The minimum absolute atomic E-state index is 0.109. The van der Waals surface area contributed by atoms with Gasteiger partial charge in [-0.1, -0.05) is 18.2 Å². The fourth-order valence-electron chi connectivity index (χ4n) is 3.79. The van der Waals surface area contributed by atoms with E-state index in [0.29, 0.717) is 12.5 Å². The van der Waals surface area contributed by atoms with E-state index in [4.69, 9.17) is 0 Å². The summed E-state index contributed by atoms with van der Waals surface area (Å²) in [5, 5.41) is 8.28. The third-order valence-corrected chi connectivity index (χ3v) is 5.07. The summed E-state index contributed by atoms with van der Waals surface area (Å²) in [6.45, 7) is 2.72. The lowest BCUT2D eigenvalue weighted by Crippen LogP contribution is -2.36. The van der Waals surface area contributed by atoms with Crippen molar-refractivity contribution in [3.63, 3.8) is 0 Å². The highest BCUT2D eigenvalue weighted by molar-refractivity contribution is 5.79. The Kier molecular flexibility index (Phi) is 3.94. The number of likely N-dealkylation sites (tertiary alicyclic amines) is 1. The summed E-state index contributed by atoms with van der Waals surface area (Å²) in [5.41, 5.74) is 3.17. The second-order valence-electron chi connectivity index (χ2n) is 6.68. The molecule has 1 atom stereocenters. The number of aromatic nitrogens is 3. The van der Waals surface area contributed by atoms with Crippen molar-refractivity contribution in [3.8, 4) is 0 Å². The molecule has 0 radical (unpaired) electrons. The van der Waals surface area contributed by atoms with Crippen molar-refractivity contribution in [2.75, 3.05) is 13.1 Å². The van der Waals surface area contributed by atoms with E-state index in [1.54, 1.807) is 4.57 Å². The van der Waals surface area contributed by atoms with Crippen LogP contribution in [0.1, 0.15) is 30.0 Å². The van der Waals surface area contributed by atoms with Crippen molar-refractivity contribution >= 4 is 10.9 Å². The maximum Gasteiger partial charge on any atom is 0.255 e. The molecule has 4 rings (SSSR count). The van der Waals surface area contributed by atoms with Gasteiger partial charge in [0, 0.05) is 43.5 Å². The van der Waals surface area contributed by atoms with Gasteiger partial charge >= 0.3 is 0 Å². The number of rotatable bonds is 3. The molecule has 2 aromatic heterocycles.